The van der Waals surface area contributed by atoms with E-state index in [0.29, 0.717) is 19.9 Å². The normalized spacial score (nSPS) is 24.2. The maximum Gasteiger partial charge on any atom is 0.269 e. The molecule has 0 radical (unpaired) electrons. The lowest BCUT2D eigenvalue weighted by atomic mass is 10.0. The van der Waals surface area contributed by atoms with Crippen molar-refractivity contribution in [3.05, 3.63) is 58.1 Å². The summed E-state index contributed by atoms with van der Waals surface area (Å²) in [5.41, 5.74) is 3.58. The maximum atomic E-state index is 14.0. The third kappa shape index (κ3) is 3.00. The number of morpholine rings is 1. The van der Waals surface area contributed by atoms with Gasteiger partial charge in [-0.2, -0.15) is 0 Å². The second-order valence-corrected chi connectivity index (χ2v) is 9.74. The number of hydrogen-bond acceptors (Lipinski definition) is 5. The average Bonchev–Trinajstić information content (AvgIpc) is 3.22. The van der Waals surface area contributed by atoms with E-state index in [1.165, 1.54) is 11.8 Å². The molecule has 2 fully saturated rings. The molecule has 5 rings (SSSR count). The van der Waals surface area contributed by atoms with E-state index in [-0.39, 0.29) is 17.6 Å². The summed E-state index contributed by atoms with van der Waals surface area (Å²) in [4.78, 5) is 31.8. The Morgan fingerprint density at radius 2 is 1.90 bits per heavy atom. The summed E-state index contributed by atoms with van der Waals surface area (Å²) in [6, 6.07) is 13.7. The molecule has 2 aromatic carbocycles. The van der Waals surface area contributed by atoms with E-state index >= 15 is 0 Å². The summed E-state index contributed by atoms with van der Waals surface area (Å²) in [7, 11) is 0. The number of aryl methyl sites for hydroxylation is 1. The van der Waals surface area contributed by atoms with Gasteiger partial charge in [-0.15, -0.1) is 11.8 Å². The number of para-hydroxylation sites is 1. The van der Waals surface area contributed by atoms with Crippen LogP contribution in [0.2, 0.25) is 0 Å². The molecule has 0 aliphatic carbocycles. The largest absolute Gasteiger partial charge is 0.379 e. The van der Waals surface area contributed by atoms with Crippen molar-refractivity contribution in [2.75, 3.05) is 48.5 Å². The van der Waals surface area contributed by atoms with Crippen molar-refractivity contribution < 1.29 is 14.3 Å². The van der Waals surface area contributed by atoms with E-state index in [9.17, 15) is 9.59 Å². The Hall–Kier alpha value is -1.87. The van der Waals surface area contributed by atoms with E-state index < -0.39 is 4.87 Å². The third-order valence-corrected chi connectivity index (χ3v) is 8.16. The van der Waals surface area contributed by atoms with Gasteiger partial charge in [-0.1, -0.05) is 40.2 Å². The van der Waals surface area contributed by atoms with E-state index in [2.05, 4.69) is 20.8 Å². The Balaban J connectivity index is 1.60. The van der Waals surface area contributed by atoms with Gasteiger partial charge < -0.3 is 4.74 Å². The van der Waals surface area contributed by atoms with Crippen LogP contribution in [0.1, 0.15) is 11.1 Å². The van der Waals surface area contributed by atoms with Crippen molar-refractivity contribution in [3.8, 4) is 0 Å². The number of fused-ring (bicyclic) bond motifs is 2. The quantitative estimate of drug-likeness (QED) is 0.664. The number of hydrogen-bond donors (Lipinski definition) is 0. The van der Waals surface area contributed by atoms with Gasteiger partial charge in [0.2, 0.25) is 10.8 Å². The molecule has 2 saturated heterocycles. The molecular weight excluding hydrogens is 466 g/mol. The number of anilines is 2. The highest BCUT2D eigenvalue weighted by Crippen LogP contribution is 2.55. The number of thioether (sulfide) groups is 1. The SMILES string of the molecule is Cc1ccc(N2C(=O)CSC23C(=O)N(CN2CCOCC2)c2ccccc23)cc1Br. The Bertz CT molecular complexity index is 1030. The molecule has 1 atom stereocenters. The van der Waals surface area contributed by atoms with Gasteiger partial charge in [0, 0.05) is 28.8 Å². The molecule has 0 saturated carbocycles. The maximum absolute atomic E-state index is 14.0. The first-order valence-electron chi connectivity index (χ1n) is 9.97. The lowest BCUT2D eigenvalue weighted by Gasteiger charge is -2.35. The standard InChI is InChI=1S/C22H22BrN3O3S/c1-15-6-7-16(12-18(15)23)26-20(27)13-30-22(26)17-4-2-3-5-19(17)25(21(22)28)14-24-8-10-29-11-9-24/h2-7,12H,8-11,13-14H2,1H3. The minimum Gasteiger partial charge on any atom is -0.379 e. The second-order valence-electron chi connectivity index (χ2n) is 7.72. The summed E-state index contributed by atoms with van der Waals surface area (Å²) in [6.45, 7) is 5.43. The van der Waals surface area contributed by atoms with Gasteiger partial charge in [0.05, 0.1) is 31.3 Å². The molecule has 3 heterocycles. The molecule has 30 heavy (non-hydrogen) atoms. The summed E-state index contributed by atoms with van der Waals surface area (Å²) >= 11 is 4.99. The zero-order valence-electron chi connectivity index (χ0n) is 16.6. The lowest BCUT2D eigenvalue weighted by Crippen LogP contribution is -2.52. The van der Waals surface area contributed by atoms with Gasteiger partial charge in [-0.25, -0.2) is 0 Å². The van der Waals surface area contributed by atoms with E-state index in [1.54, 1.807) is 4.90 Å². The van der Waals surface area contributed by atoms with Crippen LogP contribution in [0.3, 0.4) is 0 Å². The molecule has 1 unspecified atom stereocenters. The highest BCUT2D eigenvalue weighted by Gasteiger charge is 2.61. The number of amides is 2. The Morgan fingerprint density at radius 3 is 2.67 bits per heavy atom. The Kier molecular flexibility index (Phi) is 5.13. The van der Waals surface area contributed by atoms with Crippen LogP contribution in [0.15, 0.2) is 46.9 Å². The molecular formula is C22H22BrN3O3S. The molecule has 8 heteroatoms. The van der Waals surface area contributed by atoms with Crippen LogP contribution in [-0.4, -0.2) is 55.4 Å². The molecule has 156 valence electrons. The molecule has 2 aromatic rings. The van der Waals surface area contributed by atoms with Crippen molar-refractivity contribution in [2.45, 2.75) is 11.8 Å². The second kappa shape index (κ2) is 7.67. The smallest absolute Gasteiger partial charge is 0.269 e. The number of carbonyl (C=O) groups excluding carboxylic acids is 2. The van der Waals surface area contributed by atoms with Crippen LogP contribution in [0, 0.1) is 6.92 Å². The zero-order chi connectivity index (χ0) is 20.9. The number of ether oxygens (including phenoxy) is 1. The van der Waals surface area contributed by atoms with Crippen LogP contribution in [0.4, 0.5) is 11.4 Å². The van der Waals surface area contributed by atoms with Crippen LogP contribution < -0.4 is 9.80 Å². The van der Waals surface area contributed by atoms with Crippen LogP contribution in [0.25, 0.3) is 0 Å². The van der Waals surface area contributed by atoms with Gasteiger partial charge >= 0.3 is 0 Å². The lowest BCUT2D eigenvalue weighted by molar-refractivity contribution is -0.124. The summed E-state index contributed by atoms with van der Waals surface area (Å²) < 4.78 is 6.38. The highest BCUT2D eigenvalue weighted by molar-refractivity contribution is 9.10. The predicted molar refractivity (Wildman–Crippen MR) is 122 cm³/mol. The molecule has 0 bridgehead atoms. The van der Waals surface area contributed by atoms with Crippen molar-refractivity contribution >= 4 is 50.9 Å². The van der Waals surface area contributed by atoms with E-state index in [0.717, 1.165) is 40.1 Å². The first-order chi connectivity index (χ1) is 14.5. The number of nitrogens with zero attached hydrogens (tertiary/aromatic N) is 3. The monoisotopic (exact) mass is 487 g/mol. The number of carbonyl (C=O) groups is 2. The predicted octanol–water partition coefficient (Wildman–Crippen LogP) is 3.33. The fourth-order valence-corrected chi connectivity index (χ4v) is 6.09. The van der Waals surface area contributed by atoms with Crippen LogP contribution in [0.5, 0.6) is 0 Å². The van der Waals surface area contributed by atoms with Crippen molar-refractivity contribution in [2.24, 2.45) is 0 Å². The summed E-state index contributed by atoms with van der Waals surface area (Å²) in [5.74, 6) is 0.173. The number of halogens is 1. The fraction of sp³-hybridized carbons (Fsp3) is 0.364. The molecule has 3 aliphatic rings. The summed E-state index contributed by atoms with van der Waals surface area (Å²) in [6.07, 6.45) is 0. The first-order valence-corrected chi connectivity index (χ1v) is 11.7. The van der Waals surface area contributed by atoms with E-state index in [1.807, 2.05) is 54.3 Å². The van der Waals surface area contributed by atoms with Crippen LogP contribution >= 0.6 is 27.7 Å². The van der Waals surface area contributed by atoms with Gasteiger partial charge in [-0.05, 0) is 30.7 Å². The Labute approximate surface area is 188 Å². The third-order valence-electron chi connectivity index (χ3n) is 5.92. The van der Waals surface area contributed by atoms with Gasteiger partial charge in [-0.3, -0.25) is 24.3 Å². The van der Waals surface area contributed by atoms with Crippen molar-refractivity contribution in [3.63, 3.8) is 0 Å². The zero-order valence-corrected chi connectivity index (χ0v) is 19.0. The molecule has 2 amide bonds. The van der Waals surface area contributed by atoms with E-state index in [4.69, 9.17) is 4.74 Å². The molecule has 6 nitrogen and oxygen atoms in total. The number of rotatable bonds is 3. The van der Waals surface area contributed by atoms with Crippen molar-refractivity contribution in [1.82, 2.24) is 4.90 Å². The fourth-order valence-electron chi connectivity index (χ4n) is 4.36. The minimum absolute atomic E-state index is 0.0490. The summed E-state index contributed by atoms with van der Waals surface area (Å²) in [5, 5.41) is 0. The molecule has 1 spiro atoms. The van der Waals surface area contributed by atoms with Gasteiger partial charge in [0.1, 0.15) is 0 Å². The average molecular weight is 488 g/mol. The minimum atomic E-state index is -1.06. The first kappa shape index (κ1) is 20.1. The molecule has 3 aliphatic heterocycles. The highest BCUT2D eigenvalue weighted by atomic mass is 79.9. The topological polar surface area (TPSA) is 53.1 Å². The molecule has 0 N–H and O–H groups in total. The van der Waals surface area contributed by atoms with Crippen LogP contribution in [-0.2, 0) is 19.2 Å². The van der Waals surface area contributed by atoms with Crippen molar-refractivity contribution in [1.29, 1.82) is 0 Å². The molecule has 0 aromatic heterocycles. The van der Waals surface area contributed by atoms with Gasteiger partial charge in [0.25, 0.3) is 5.91 Å². The Morgan fingerprint density at radius 1 is 1.13 bits per heavy atom. The number of benzene rings is 2. The van der Waals surface area contributed by atoms with Gasteiger partial charge in [0.15, 0.2) is 0 Å².